The van der Waals surface area contributed by atoms with E-state index >= 15 is 0 Å². The van der Waals surface area contributed by atoms with Crippen LogP contribution in [0.5, 0.6) is 0 Å². The van der Waals surface area contributed by atoms with Gasteiger partial charge in [-0.15, -0.1) is 0 Å². The molecule has 0 aromatic rings. The molecule has 0 aromatic carbocycles. The van der Waals surface area contributed by atoms with E-state index in [1.165, 1.54) is 12.8 Å². The molecule has 6 nitrogen and oxygen atoms in total. The minimum Gasteiger partial charge on any atom is -0.357 e. The molecule has 29 heavy (non-hydrogen) atoms. The predicted octanol–water partition coefficient (Wildman–Crippen LogP) is 3.89. The zero-order valence-electron chi connectivity index (χ0n) is 19.8. The molecule has 0 saturated carbocycles. The van der Waals surface area contributed by atoms with Crippen molar-refractivity contribution in [3.05, 3.63) is 0 Å². The summed E-state index contributed by atoms with van der Waals surface area (Å²) in [5, 5.41) is 5.57. The highest BCUT2D eigenvalue weighted by Gasteiger charge is 2.32. The fourth-order valence-electron chi connectivity index (χ4n) is 3.51. The van der Waals surface area contributed by atoms with Gasteiger partial charge < -0.3 is 15.5 Å². The Balaban J connectivity index is 5.40. The van der Waals surface area contributed by atoms with Crippen molar-refractivity contribution in [1.29, 1.82) is 0 Å². The highest BCUT2D eigenvalue weighted by molar-refractivity contribution is 5.92. The SMILES string of the molecule is CCCCCCCN(C(=O)CC)[C@@H](CC(C)C)C(=O)N[C@@H](CC(C)C)C(=O)NC. The Morgan fingerprint density at radius 2 is 1.41 bits per heavy atom. The molecule has 0 saturated heterocycles. The highest BCUT2D eigenvalue weighted by atomic mass is 16.2. The summed E-state index contributed by atoms with van der Waals surface area (Å²) in [4.78, 5) is 39.9. The largest absolute Gasteiger partial charge is 0.357 e. The van der Waals surface area contributed by atoms with Crippen LogP contribution in [-0.4, -0.2) is 48.3 Å². The number of likely N-dealkylation sites (N-methyl/N-ethyl adjacent to an activating group) is 1. The fourth-order valence-corrected chi connectivity index (χ4v) is 3.51. The van der Waals surface area contributed by atoms with Crippen LogP contribution in [0.4, 0.5) is 0 Å². The molecule has 0 fully saturated rings. The summed E-state index contributed by atoms with van der Waals surface area (Å²) in [6.07, 6.45) is 7.02. The van der Waals surface area contributed by atoms with Crippen molar-refractivity contribution in [2.24, 2.45) is 11.8 Å². The molecule has 0 heterocycles. The summed E-state index contributed by atoms with van der Waals surface area (Å²) in [5.74, 6) is 0.128. The number of carbonyl (C=O) groups is 3. The lowest BCUT2D eigenvalue weighted by Gasteiger charge is -2.33. The number of amides is 3. The molecule has 0 aliphatic rings. The van der Waals surface area contributed by atoms with Crippen LogP contribution >= 0.6 is 0 Å². The molecule has 0 aliphatic carbocycles. The maximum absolute atomic E-state index is 13.2. The predicted molar refractivity (Wildman–Crippen MR) is 119 cm³/mol. The number of hydrogen-bond acceptors (Lipinski definition) is 3. The van der Waals surface area contributed by atoms with E-state index in [4.69, 9.17) is 0 Å². The first kappa shape index (κ1) is 27.4. The first-order valence-electron chi connectivity index (χ1n) is 11.5. The normalized spacial score (nSPS) is 13.3. The Morgan fingerprint density at radius 1 is 0.828 bits per heavy atom. The number of carbonyl (C=O) groups excluding carboxylic acids is 3. The number of nitrogens with one attached hydrogen (secondary N) is 2. The molecule has 170 valence electrons. The molecule has 0 unspecified atom stereocenters. The summed E-state index contributed by atoms with van der Waals surface area (Å²) in [6.45, 7) is 12.8. The van der Waals surface area contributed by atoms with Crippen molar-refractivity contribution in [2.45, 2.75) is 105 Å². The topological polar surface area (TPSA) is 78.5 Å². The van der Waals surface area contributed by atoms with Gasteiger partial charge in [0.15, 0.2) is 0 Å². The molecular formula is C23H45N3O3. The maximum Gasteiger partial charge on any atom is 0.243 e. The van der Waals surface area contributed by atoms with Crippen molar-refractivity contribution in [2.75, 3.05) is 13.6 Å². The third-order valence-corrected chi connectivity index (χ3v) is 5.09. The second kappa shape index (κ2) is 15.3. The second-order valence-corrected chi connectivity index (χ2v) is 8.81. The van der Waals surface area contributed by atoms with E-state index in [9.17, 15) is 14.4 Å². The van der Waals surface area contributed by atoms with E-state index in [2.05, 4.69) is 31.4 Å². The van der Waals surface area contributed by atoms with Crippen molar-refractivity contribution < 1.29 is 14.4 Å². The van der Waals surface area contributed by atoms with Gasteiger partial charge in [0.25, 0.3) is 0 Å². The van der Waals surface area contributed by atoms with Crippen molar-refractivity contribution >= 4 is 17.7 Å². The van der Waals surface area contributed by atoms with Crippen LogP contribution in [-0.2, 0) is 14.4 Å². The Bertz CT molecular complexity index is 492. The summed E-state index contributed by atoms with van der Waals surface area (Å²) >= 11 is 0. The summed E-state index contributed by atoms with van der Waals surface area (Å²) in [6, 6.07) is -1.11. The van der Waals surface area contributed by atoms with Gasteiger partial charge in [-0.1, -0.05) is 67.2 Å². The average molecular weight is 412 g/mol. The molecule has 2 atom stereocenters. The third-order valence-electron chi connectivity index (χ3n) is 5.09. The highest BCUT2D eigenvalue weighted by Crippen LogP contribution is 2.17. The molecular weight excluding hydrogens is 366 g/mol. The minimum absolute atomic E-state index is 0.00152. The molecule has 0 aliphatic heterocycles. The van der Waals surface area contributed by atoms with Crippen LogP contribution in [0.25, 0.3) is 0 Å². The molecule has 3 amide bonds. The lowest BCUT2D eigenvalue weighted by atomic mass is 9.98. The minimum atomic E-state index is -0.578. The number of unbranched alkanes of at least 4 members (excludes halogenated alkanes) is 4. The number of hydrogen-bond donors (Lipinski definition) is 2. The monoisotopic (exact) mass is 411 g/mol. The van der Waals surface area contributed by atoms with Gasteiger partial charge in [0.05, 0.1) is 0 Å². The van der Waals surface area contributed by atoms with E-state index in [-0.39, 0.29) is 29.6 Å². The summed E-state index contributed by atoms with van der Waals surface area (Å²) in [5.41, 5.74) is 0. The van der Waals surface area contributed by atoms with Gasteiger partial charge in [-0.2, -0.15) is 0 Å². The van der Waals surface area contributed by atoms with E-state index < -0.39 is 12.1 Å². The molecule has 0 bridgehead atoms. The van der Waals surface area contributed by atoms with Crippen LogP contribution in [0.1, 0.15) is 92.9 Å². The smallest absolute Gasteiger partial charge is 0.243 e. The first-order valence-corrected chi connectivity index (χ1v) is 11.5. The molecule has 6 heteroatoms. The Labute approximate surface area is 178 Å². The maximum atomic E-state index is 13.2. The van der Waals surface area contributed by atoms with Crippen LogP contribution < -0.4 is 10.6 Å². The molecule has 0 spiro atoms. The first-order chi connectivity index (χ1) is 13.7. The Hall–Kier alpha value is -1.59. The van der Waals surface area contributed by atoms with Gasteiger partial charge in [-0.25, -0.2) is 0 Å². The van der Waals surface area contributed by atoms with E-state index in [0.717, 1.165) is 19.3 Å². The molecule has 0 aromatic heterocycles. The Morgan fingerprint density at radius 3 is 1.90 bits per heavy atom. The van der Waals surface area contributed by atoms with Crippen molar-refractivity contribution in [1.82, 2.24) is 15.5 Å². The zero-order valence-corrected chi connectivity index (χ0v) is 19.8. The van der Waals surface area contributed by atoms with Gasteiger partial charge in [0.1, 0.15) is 12.1 Å². The van der Waals surface area contributed by atoms with Crippen LogP contribution in [0.15, 0.2) is 0 Å². The van der Waals surface area contributed by atoms with E-state index in [1.807, 2.05) is 20.8 Å². The van der Waals surface area contributed by atoms with Crippen LogP contribution in [0.3, 0.4) is 0 Å². The van der Waals surface area contributed by atoms with Gasteiger partial charge >= 0.3 is 0 Å². The van der Waals surface area contributed by atoms with Crippen molar-refractivity contribution in [3.63, 3.8) is 0 Å². The van der Waals surface area contributed by atoms with E-state index in [0.29, 0.717) is 25.8 Å². The average Bonchev–Trinajstić information content (AvgIpc) is 2.66. The van der Waals surface area contributed by atoms with Gasteiger partial charge in [-0.3, -0.25) is 14.4 Å². The van der Waals surface area contributed by atoms with Crippen LogP contribution in [0, 0.1) is 11.8 Å². The standard InChI is InChI=1S/C23H45N3O3/c1-8-10-11-12-13-14-26(21(27)9-2)20(16-18(5)6)23(29)25-19(15-17(3)4)22(28)24-7/h17-20H,8-16H2,1-7H3,(H,24,28)(H,25,29)/t19-,20-/m0/s1. The van der Waals surface area contributed by atoms with Gasteiger partial charge in [0, 0.05) is 20.0 Å². The second-order valence-electron chi connectivity index (χ2n) is 8.81. The van der Waals surface area contributed by atoms with Crippen LogP contribution in [0.2, 0.25) is 0 Å². The Kier molecular flexibility index (Phi) is 14.4. The number of rotatable bonds is 15. The third kappa shape index (κ3) is 11.2. The van der Waals surface area contributed by atoms with Crippen molar-refractivity contribution in [3.8, 4) is 0 Å². The quantitative estimate of drug-likeness (QED) is 0.401. The summed E-state index contributed by atoms with van der Waals surface area (Å²) in [7, 11) is 1.58. The summed E-state index contributed by atoms with van der Waals surface area (Å²) < 4.78 is 0. The van der Waals surface area contributed by atoms with Gasteiger partial charge in [0.2, 0.25) is 17.7 Å². The lowest BCUT2D eigenvalue weighted by Crippen LogP contribution is -2.55. The number of nitrogens with zero attached hydrogens (tertiary/aromatic N) is 1. The molecule has 2 N–H and O–H groups in total. The van der Waals surface area contributed by atoms with Gasteiger partial charge in [-0.05, 0) is 31.1 Å². The molecule has 0 radical (unpaired) electrons. The van der Waals surface area contributed by atoms with E-state index in [1.54, 1.807) is 11.9 Å². The molecule has 0 rings (SSSR count). The lowest BCUT2D eigenvalue weighted by molar-refractivity contribution is -0.142. The zero-order chi connectivity index (χ0) is 22.4. The fraction of sp³-hybridized carbons (Fsp3) is 0.870.